The van der Waals surface area contributed by atoms with Gasteiger partial charge in [0.2, 0.25) is 0 Å². The minimum atomic E-state index is -0.988. The van der Waals surface area contributed by atoms with Crippen LogP contribution in [0, 0.1) is 5.82 Å². The summed E-state index contributed by atoms with van der Waals surface area (Å²) in [7, 11) is 0. The van der Waals surface area contributed by atoms with Crippen LogP contribution in [0.2, 0.25) is 0 Å². The third-order valence-corrected chi connectivity index (χ3v) is 4.36. The normalized spacial score (nSPS) is 14.8. The molecule has 1 heterocycles. The molecule has 2 aromatic rings. The quantitative estimate of drug-likeness (QED) is 0.718. The van der Waals surface area contributed by atoms with Gasteiger partial charge in [-0.15, -0.1) is 0 Å². The lowest BCUT2D eigenvalue weighted by molar-refractivity contribution is -0.155. The summed E-state index contributed by atoms with van der Waals surface area (Å²) in [4.78, 5) is 26.3. The van der Waals surface area contributed by atoms with Gasteiger partial charge in [0, 0.05) is 24.5 Å². The van der Waals surface area contributed by atoms with Crippen LogP contribution in [0.3, 0.4) is 0 Å². The Balaban J connectivity index is 1.44. The number of hydrogen-bond acceptors (Lipinski definition) is 6. The number of nitrogens with zero attached hydrogens (tertiary/aromatic N) is 1. The number of carbonyl (C=O) groups is 2. The summed E-state index contributed by atoms with van der Waals surface area (Å²) in [6, 6.07) is 12.7. The Labute approximate surface area is 168 Å². The lowest BCUT2D eigenvalue weighted by atomic mass is 10.2. The molecule has 0 bridgehead atoms. The second-order valence-electron chi connectivity index (χ2n) is 6.51. The van der Waals surface area contributed by atoms with E-state index in [4.69, 9.17) is 14.2 Å². The van der Waals surface area contributed by atoms with Crippen molar-refractivity contribution >= 4 is 23.3 Å². The third kappa shape index (κ3) is 6.18. The summed E-state index contributed by atoms with van der Waals surface area (Å²) >= 11 is 0. The number of carbonyl (C=O) groups excluding carboxylic acids is 2. The largest absolute Gasteiger partial charge is 0.482 e. The van der Waals surface area contributed by atoms with Gasteiger partial charge in [-0.25, -0.2) is 9.18 Å². The molecule has 0 aromatic heterocycles. The average molecular weight is 402 g/mol. The lowest BCUT2D eigenvalue weighted by Crippen LogP contribution is -2.36. The molecule has 1 aliphatic rings. The maximum Gasteiger partial charge on any atom is 0.344 e. The van der Waals surface area contributed by atoms with Gasteiger partial charge in [-0.1, -0.05) is 0 Å². The van der Waals surface area contributed by atoms with Crippen LogP contribution in [0.15, 0.2) is 48.5 Å². The fourth-order valence-electron chi connectivity index (χ4n) is 2.78. The monoisotopic (exact) mass is 402 g/mol. The second kappa shape index (κ2) is 9.88. The number of anilines is 2. The highest BCUT2D eigenvalue weighted by Gasteiger charge is 2.19. The number of benzene rings is 2. The number of hydrogen-bond donors (Lipinski definition) is 1. The first-order chi connectivity index (χ1) is 14.0. The van der Waals surface area contributed by atoms with Crippen LogP contribution in [0.5, 0.6) is 5.75 Å². The highest BCUT2D eigenvalue weighted by Crippen LogP contribution is 2.19. The lowest BCUT2D eigenvalue weighted by Gasteiger charge is -2.28. The van der Waals surface area contributed by atoms with Crippen molar-refractivity contribution in [2.45, 2.75) is 13.0 Å². The van der Waals surface area contributed by atoms with Gasteiger partial charge < -0.3 is 24.4 Å². The molecule has 0 radical (unpaired) electrons. The molecule has 1 fully saturated rings. The molecule has 29 heavy (non-hydrogen) atoms. The van der Waals surface area contributed by atoms with E-state index in [0.717, 1.165) is 18.8 Å². The van der Waals surface area contributed by atoms with E-state index < -0.39 is 23.8 Å². The van der Waals surface area contributed by atoms with Crippen LogP contribution in [-0.2, 0) is 19.1 Å². The number of amides is 1. The molecule has 1 N–H and O–H groups in total. The highest BCUT2D eigenvalue weighted by molar-refractivity contribution is 5.95. The maximum absolute atomic E-state index is 12.8. The number of morpholine rings is 1. The summed E-state index contributed by atoms with van der Waals surface area (Å²) < 4.78 is 28.5. The molecule has 3 rings (SSSR count). The summed E-state index contributed by atoms with van der Waals surface area (Å²) in [6.07, 6.45) is -0.988. The fourth-order valence-corrected chi connectivity index (χ4v) is 2.78. The Hall–Kier alpha value is -3.13. The number of halogens is 1. The zero-order chi connectivity index (χ0) is 20.6. The van der Waals surface area contributed by atoms with Crippen molar-refractivity contribution in [3.05, 3.63) is 54.3 Å². The minimum absolute atomic E-state index is 0.334. The number of ether oxygens (including phenoxy) is 3. The van der Waals surface area contributed by atoms with Crippen molar-refractivity contribution < 1.29 is 28.2 Å². The molecule has 154 valence electrons. The molecular weight excluding hydrogens is 379 g/mol. The summed E-state index contributed by atoms with van der Waals surface area (Å²) in [5.41, 5.74) is 1.67. The first-order valence-electron chi connectivity index (χ1n) is 9.33. The van der Waals surface area contributed by atoms with E-state index in [2.05, 4.69) is 10.2 Å². The van der Waals surface area contributed by atoms with E-state index in [0.29, 0.717) is 24.7 Å². The number of esters is 1. The molecule has 0 spiro atoms. The van der Waals surface area contributed by atoms with Gasteiger partial charge in [-0.3, -0.25) is 4.79 Å². The predicted molar refractivity (Wildman–Crippen MR) is 106 cm³/mol. The van der Waals surface area contributed by atoms with Gasteiger partial charge in [0.1, 0.15) is 11.6 Å². The van der Waals surface area contributed by atoms with E-state index >= 15 is 0 Å². The molecule has 1 amide bonds. The van der Waals surface area contributed by atoms with Crippen LogP contribution in [-0.4, -0.2) is 50.9 Å². The molecule has 1 atom stereocenters. The van der Waals surface area contributed by atoms with Gasteiger partial charge in [0.25, 0.3) is 5.91 Å². The number of nitrogens with one attached hydrogen (secondary N) is 1. The zero-order valence-electron chi connectivity index (χ0n) is 16.1. The molecule has 1 aliphatic heterocycles. The van der Waals surface area contributed by atoms with Gasteiger partial charge in [0.15, 0.2) is 12.7 Å². The smallest absolute Gasteiger partial charge is 0.344 e. The first kappa shape index (κ1) is 20.6. The van der Waals surface area contributed by atoms with E-state index in [9.17, 15) is 14.0 Å². The Bertz CT molecular complexity index is 820. The van der Waals surface area contributed by atoms with Crippen LogP contribution in [0.25, 0.3) is 0 Å². The Morgan fingerprint density at radius 3 is 2.41 bits per heavy atom. The van der Waals surface area contributed by atoms with Crippen molar-refractivity contribution in [1.29, 1.82) is 0 Å². The molecule has 1 saturated heterocycles. The molecule has 2 aromatic carbocycles. The minimum Gasteiger partial charge on any atom is -0.482 e. The molecule has 8 heteroatoms. The summed E-state index contributed by atoms with van der Waals surface area (Å²) in [5.74, 6) is -1.21. The Morgan fingerprint density at radius 1 is 1.10 bits per heavy atom. The summed E-state index contributed by atoms with van der Waals surface area (Å²) in [5, 5.41) is 2.72. The van der Waals surface area contributed by atoms with Crippen molar-refractivity contribution in [2.75, 3.05) is 43.1 Å². The Kier molecular flexibility index (Phi) is 7.02. The van der Waals surface area contributed by atoms with Crippen LogP contribution in [0.1, 0.15) is 6.92 Å². The molecule has 0 unspecified atom stereocenters. The van der Waals surface area contributed by atoms with Gasteiger partial charge >= 0.3 is 5.97 Å². The molecular formula is C21H23FN2O5. The topological polar surface area (TPSA) is 77.1 Å². The van der Waals surface area contributed by atoms with Gasteiger partial charge in [-0.2, -0.15) is 0 Å². The van der Waals surface area contributed by atoms with Gasteiger partial charge in [0.05, 0.1) is 13.2 Å². The maximum atomic E-state index is 12.8. The highest BCUT2D eigenvalue weighted by atomic mass is 19.1. The average Bonchev–Trinajstić information content (AvgIpc) is 2.74. The van der Waals surface area contributed by atoms with Crippen molar-refractivity contribution in [2.24, 2.45) is 0 Å². The van der Waals surface area contributed by atoms with Crippen LogP contribution >= 0.6 is 0 Å². The molecule has 0 saturated carbocycles. The van der Waals surface area contributed by atoms with Crippen molar-refractivity contribution in [1.82, 2.24) is 0 Å². The van der Waals surface area contributed by atoms with Crippen LogP contribution < -0.4 is 15.0 Å². The van der Waals surface area contributed by atoms with E-state index in [1.165, 1.54) is 31.2 Å². The standard InChI is InChI=1S/C21H23FN2O5/c1-15(29-20(25)14-28-19-8-2-16(22)3-9-19)21(26)23-17-4-6-18(7-5-17)24-10-12-27-13-11-24/h2-9,15H,10-14H2,1H3,(H,23,26)/t15-/m1/s1. The third-order valence-electron chi connectivity index (χ3n) is 4.36. The predicted octanol–water partition coefficient (Wildman–Crippen LogP) is 2.61. The second-order valence-corrected chi connectivity index (χ2v) is 6.51. The van der Waals surface area contributed by atoms with Gasteiger partial charge in [-0.05, 0) is 55.5 Å². The molecule has 0 aliphatic carbocycles. The SMILES string of the molecule is C[C@@H](OC(=O)COc1ccc(F)cc1)C(=O)Nc1ccc(N2CCOCC2)cc1. The van der Waals surface area contributed by atoms with Crippen LogP contribution in [0.4, 0.5) is 15.8 Å². The van der Waals surface area contributed by atoms with E-state index in [1.807, 2.05) is 12.1 Å². The first-order valence-corrected chi connectivity index (χ1v) is 9.33. The van der Waals surface area contributed by atoms with Crippen molar-refractivity contribution in [3.63, 3.8) is 0 Å². The fraction of sp³-hybridized carbons (Fsp3) is 0.333. The van der Waals surface area contributed by atoms with E-state index in [-0.39, 0.29) is 6.61 Å². The molecule has 7 nitrogen and oxygen atoms in total. The Morgan fingerprint density at radius 2 is 1.76 bits per heavy atom. The summed E-state index contributed by atoms with van der Waals surface area (Å²) in [6.45, 7) is 4.17. The zero-order valence-corrected chi connectivity index (χ0v) is 16.1. The van der Waals surface area contributed by atoms with E-state index in [1.54, 1.807) is 12.1 Å². The number of rotatable bonds is 7. The van der Waals surface area contributed by atoms with Crippen molar-refractivity contribution in [3.8, 4) is 5.75 Å².